The van der Waals surface area contributed by atoms with Crippen LogP contribution in [0.4, 0.5) is 0 Å². The van der Waals surface area contributed by atoms with Gasteiger partial charge in [-0.3, -0.25) is 24.4 Å². The maximum absolute atomic E-state index is 13.1. The van der Waals surface area contributed by atoms with Crippen LogP contribution in [0.3, 0.4) is 0 Å². The summed E-state index contributed by atoms with van der Waals surface area (Å²) in [5, 5.41) is 15.4. The Morgan fingerprint density at radius 2 is 0.975 bits per heavy atom. The SMILES string of the molecule is CC1CN(Cc2c(-c3ccc(Cl)cc3Cl)nc3ccc(-c4ncon4)cn23)CCN1.CCOC(=O)Cc1c(-c2ccc(Cl)cc2)nc2ccc(-c3ccccc3)cn12.Clc1ccc(-c2nc3ccc(-c4ccccn4)cn3c2CN2CCn3ncnc3C2)c(Cl)c1.O=C(Cc1c(-c2ccc(Cl)cc2)nc2ccc(-c3ccccc3)cn12)N1CCOCC1. The molecule has 2 saturated heterocycles. The Morgan fingerprint density at radius 3 is 1.51 bits per heavy atom. The van der Waals surface area contributed by atoms with Crippen LogP contribution >= 0.6 is 69.6 Å². The third kappa shape index (κ3) is 18.7. The van der Waals surface area contributed by atoms with Crippen molar-refractivity contribution < 1.29 is 23.6 Å². The molecule has 11 aromatic heterocycles. The fourth-order valence-corrected chi connectivity index (χ4v) is 16.7. The second-order valence-electron chi connectivity index (χ2n) is 29.5. The number of fused-ring (bicyclic) bond motifs is 5. The van der Waals surface area contributed by atoms with E-state index >= 15 is 0 Å². The molecule has 23 nitrogen and oxygen atoms in total. The van der Waals surface area contributed by atoms with E-state index in [1.54, 1.807) is 31.6 Å². The quantitative estimate of drug-likeness (QED) is 0.0836. The number of halogens is 6. The number of hydrogen-bond acceptors (Lipinski definition) is 17. The molecule has 14 heterocycles. The van der Waals surface area contributed by atoms with Crippen molar-refractivity contribution in [3.8, 4) is 89.9 Å². The number of carbonyl (C=O) groups is 2. The van der Waals surface area contributed by atoms with Gasteiger partial charge in [0.2, 0.25) is 18.1 Å². The number of pyridine rings is 5. The molecule has 0 spiro atoms. The van der Waals surface area contributed by atoms with Crippen molar-refractivity contribution in [2.75, 3.05) is 59.1 Å². The summed E-state index contributed by atoms with van der Waals surface area (Å²) in [7, 11) is 0. The summed E-state index contributed by atoms with van der Waals surface area (Å²) < 4.78 is 25.7. The molecule has 20 rings (SSSR count). The van der Waals surface area contributed by atoms with Crippen molar-refractivity contribution in [1.29, 1.82) is 0 Å². The maximum Gasteiger partial charge on any atom is 0.311 e. The first-order chi connectivity index (χ1) is 59.6. The van der Waals surface area contributed by atoms with Crippen molar-refractivity contribution in [2.45, 2.75) is 58.9 Å². The Balaban J connectivity index is 0.000000116. The lowest BCUT2D eigenvalue weighted by Crippen LogP contribution is -2.48. The second-order valence-corrected chi connectivity index (χ2v) is 32.1. The molecular weight excluding hydrogens is 1660 g/mol. The number of esters is 1. The summed E-state index contributed by atoms with van der Waals surface area (Å²) in [6.07, 6.45) is 13.4. The number of nitrogens with zero attached hydrogens (tertiary/aromatic N) is 17. The molecule has 3 aliphatic heterocycles. The van der Waals surface area contributed by atoms with E-state index in [2.05, 4.69) is 98.8 Å². The van der Waals surface area contributed by atoms with Crippen LogP contribution in [0.1, 0.15) is 42.4 Å². The molecule has 1 amide bonds. The zero-order valence-electron chi connectivity index (χ0n) is 66.3. The third-order valence-electron chi connectivity index (χ3n) is 21.5. The Hall–Kier alpha value is -12.0. The van der Waals surface area contributed by atoms with Crippen LogP contribution in [0.15, 0.2) is 261 Å². The number of morpholine rings is 1. The van der Waals surface area contributed by atoms with Gasteiger partial charge in [-0.1, -0.05) is 166 Å². The molecule has 1 unspecified atom stereocenters. The minimum absolute atomic E-state index is 0.0884. The number of rotatable bonds is 17. The third-order valence-corrected chi connectivity index (χ3v) is 23.1. The second kappa shape index (κ2) is 37.6. The van der Waals surface area contributed by atoms with E-state index in [-0.39, 0.29) is 24.7 Å². The van der Waals surface area contributed by atoms with Crippen molar-refractivity contribution in [2.24, 2.45) is 0 Å². The molecular formula is C93H80Cl6N18O5. The number of piperazine rings is 1. The molecule has 0 radical (unpaired) electrons. The number of imidazole rings is 4. The highest BCUT2D eigenvalue weighted by atomic mass is 35.5. The van der Waals surface area contributed by atoms with Crippen molar-refractivity contribution in [3.63, 3.8) is 0 Å². The average molecular weight is 1740 g/mol. The highest BCUT2D eigenvalue weighted by Crippen LogP contribution is 2.39. The number of ether oxygens (including phenoxy) is 2. The topological polar surface area (TPSA) is 226 Å². The monoisotopic (exact) mass is 1740 g/mol. The molecule has 3 aliphatic rings. The lowest BCUT2D eigenvalue weighted by molar-refractivity contribution is -0.142. The molecule has 6 aromatic carbocycles. The zero-order valence-corrected chi connectivity index (χ0v) is 70.9. The number of carbonyl (C=O) groups excluding carboxylic acids is 2. The van der Waals surface area contributed by atoms with Crippen LogP contribution < -0.4 is 5.32 Å². The van der Waals surface area contributed by atoms with Gasteiger partial charge in [-0.2, -0.15) is 10.1 Å². The predicted octanol–water partition coefficient (Wildman–Crippen LogP) is 19.3. The Morgan fingerprint density at radius 1 is 0.475 bits per heavy atom. The van der Waals surface area contributed by atoms with E-state index in [9.17, 15) is 9.59 Å². The molecule has 0 bridgehead atoms. The van der Waals surface area contributed by atoms with Crippen LogP contribution in [-0.4, -0.2) is 159 Å². The number of benzene rings is 6. The molecule has 1 N–H and O–H groups in total. The van der Waals surface area contributed by atoms with Gasteiger partial charge in [-0.15, -0.1) is 0 Å². The van der Waals surface area contributed by atoms with Crippen LogP contribution in [0, 0.1) is 0 Å². The standard InChI is InChI=1S/C25H22ClN3O2.C24H19Cl2N7.C23H19ClN2O2.C21H20Cl2N6O/c26-21-9-6-19(7-10-21)25-22(16-24(30)28-12-14-31-15-13-28)29-17-20(8-11-23(29)27-25)18-4-2-1-3-5-18;25-17-5-6-18(19(26)11-17)24-21(13-31-9-10-33-23(14-31)28-15-29-33)32-12-16(4-7-22(32)30-24)20-3-1-2-8-27-20;1-2-28-22(27)14-20-23(17-8-11-19(24)12-9-17)25-21-13-10-18(15-26(20)21)16-6-4-3-5-7-16;1-13-9-28(7-6-24-13)11-18-20(16-4-3-15(22)8-17(16)23)26-19-5-2-14(10-29(18)19)21-25-12-30-27-21/h1-11,17H,12-16H2;1-8,11-12,15H,9-10,13-14H2;3-13,15H,2,14H2,1H3;2-5,8,10,12-13,24H,6-7,9,11H2,1H3. The van der Waals surface area contributed by atoms with Crippen LogP contribution in [0.25, 0.3) is 113 Å². The van der Waals surface area contributed by atoms with Crippen LogP contribution in [0.2, 0.25) is 30.1 Å². The molecule has 1 atom stereocenters. The van der Waals surface area contributed by atoms with Crippen molar-refractivity contribution >= 4 is 104 Å². The van der Waals surface area contributed by atoms with Crippen LogP contribution in [0.5, 0.6) is 0 Å². The normalized spacial score (nSPS) is 14.2. The van der Waals surface area contributed by atoms with Gasteiger partial charge in [0.15, 0.2) is 0 Å². The highest BCUT2D eigenvalue weighted by Gasteiger charge is 2.28. The van der Waals surface area contributed by atoms with Gasteiger partial charge in [0.05, 0.1) is 107 Å². The van der Waals surface area contributed by atoms with Gasteiger partial charge in [0, 0.05) is 143 Å². The number of aromatic nitrogens is 14. The first-order valence-electron chi connectivity index (χ1n) is 39.9. The lowest BCUT2D eigenvalue weighted by Gasteiger charge is -2.31. The minimum Gasteiger partial charge on any atom is -0.466 e. The van der Waals surface area contributed by atoms with Gasteiger partial charge in [0.1, 0.15) is 34.7 Å². The molecule has 0 saturated carbocycles. The largest absolute Gasteiger partial charge is 0.466 e. The summed E-state index contributed by atoms with van der Waals surface area (Å²) in [5.74, 6) is 1.32. The fraction of sp³-hybridized carbons (Fsp3) is 0.194. The maximum atomic E-state index is 13.1. The number of hydrogen-bond donors (Lipinski definition) is 1. The first kappa shape index (κ1) is 82.3. The minimum atomic E-state index is -0.273. The average Bonchev–Trinajstić information content (AvgIpc) is 1.64. The van der Waals surface area contributed by atoms with E-state index in [4.69, 9.17) is 104 Å². The molecule has 614 valence electrons. The van der Waals surface area contributed by atoms with Gasteiger partial charge >= 0.3 is 5.97 Å². The zero-order chi connectivity index (χ0) is 83.7. The number of amides is 1. The smallest absolute Gasteiger partial charge is 0.311 e. The van der Waals surface area contributed by atoms with Gasteiger partial charge < -0.3 is 41.8 Å². The summed E-state index contributed by atoms with van der Waals surface area (Å²) in [6.45, 7) is 13.5. The summed E-state index contributed by atoms with van der Waals surface area (Å²) in [6, 6.07) is 68.9. The Labute approximate surface area is 732 Å². The summed E-state index contributed by atoms with van der Waals surface area (Å²) in [5.41, 5.74) is 21.1. The molecule has 2 fully saturated rings. The van der Waals surface area contributed by atoms with E-state index in [0.717, 1.165) is 181 Å². The van der Waals surface area contributed by atoms with Crippen LogP contribution in [-0.2, 0) is 58.1 Å². The van der Waals surface area contributed by atoms with Gasteiger partial charge in [-0.25, -0.2) is 29.6 Å². The molecule has 17 aromatic rings. The van der Waals surface area contributed by atoms with E-state index in [0.29, 0.717) is 81.5 Å². The fourth-order valence-electron chi connectivity index (χ4n) is 15.4. The van der Waals surface area contributed by atoms with Crippen molar-refractivity contribution in [1.82, 2.24) is 87.4 Å². The van der Waals surface area contributed by atoms with E-state index < -0.39 is 0 Å². The molecule has 0 aliphatic carbocycles. The lowest BCUT2D eigenvalue weighted by atomic mass is 10.1. The predicted molar refractivity (Wildman–Crippen MR) is 478 cm³/mol. The molecule has 122 heavy (non-hydrogen) atoms. The number of nitrogens with one attached hydrogen (secondary N) is 1. The Bertz CT molecular complexity index is 6560. The van der Waals surface area contributed by atoms with Gasteiger partial charge in [-0.05, 0) is 157 Å². The van der Waals surface area contributed by atoms with Gasteiger partial charge in [0.25, 0.3) is 0 Å². The van der Waals surface area contributed by atoms with E-state index in [1.807, 2.05) is 201 Å². The molecule has 29 heteroatoms. The van der Waals surface area contributed by atoms with E-state index in [1.165, 1.54) is 6.39 Å². The first-order valence-corrected chi connectivity index (χ1v) is 42.2. The summed E-state index contributed by atoms with van der Waals surface area (Å²) in [4.78, 5) is 64.6. The highest BCUT2D eigenvalue weighted by molar-refractivity contribution is 6.37. The van der Waals surface area contributed by atoms with Crippen molar-refractivity contribution in [3.05, 3.63) is 315 Å². The Kier molecular flexibility index (Phi) is 25.4. The summed E-state index contributed by atoms with van der Waals surface area (Å²) >= 11 is 37.6.